The number of nitrogens with one attached hydrogen (secondary N) is 2. The van der Waals surface area contributed by atoms with Gasteiger partial charge in [-0.2, -0.15) is 13.1 Å². The highest BCUT2D eigenvalue weighted by Gasteiger charge is 2.14. The average Bonchev–Trinajstić information content (AvgIpc) is 2.19. The first-order chi connectivity index (χ1) is 8.15. The Bertz CT molecular complexity index is 642. The Hall–Kier alpha value is -0.870. The molecule has 0 bridgehead atoms. The van der Waals surface area contributed by atoms with Gasteiger partial charge in [0.25, 0.3) is 10.2 Å². The van der Waals surface area contributed by atoms with Crippen molar-refractivity contribution < 1.29 is 16.8 Å². The van der Waals surface area contributed by atoms with E-state index in [1.54, 1.807) is 6.92 Å². The van der Waals surface area contributed by atoms with Gasteiger partial charge in [-0.3, -0.25) is 4.72 Å². The number of nitrogens with two attached hydrogens (primary N) is 1. The molecule has 0 heterocycles. The first kappa shape index (κ1) is 15.2. The molecule has 7 nitrogen and oxygen atoms in total. The van der Waals surface area contributed by atoms with Gasteiger partial charge in [0.05, 0.1) is 15.6 Å². The van der Waals surface area contributed by atoms with Crippen molar-refractivity contribution in [3.8, 4) is 0 Å². The van der Waals surface area contributed by atoms with E-state index in [4.69, 9.17) is 16.7 Å². The molecular formula is C8H12ClN3O4S2. The average molecular weight is 314 g/mol. The molecule has 0 atom stereocenters. The van der Waals surface area contributed by atoms with Crippen LogP contribution < -0.4 is 14.6 Å². The predicted octanol–water partition coefficient (Wildman–Crippen LogP) is 0.254. The van der Waals surface area contributed by atoms with Crippen LogP contribution in [-0.2, 0) is 20.2 Å². The first-order valence-electron chi connectivity index (χ1n) is 4.75. The highest BCUT2D eigenvalue weighted by molar-refractivity contribution is 7.90. The third kappa shape index (κ3) is 4.10. The van der Waals surface area contributed by atoms with E-state index in [1.165, 1.54) is 12.1 Å². The van der Waals surface area contributed by atoms with Crippen molar-refractivity contribution in [2.75, 3.05) is 11.3 Å². The maximum Gasteiger partial charge on any atom is 0.299 e. The van der Waals surface area contributed by atoms with Gasteiger partial charge in [-0.05, 0) is 18.2 Å². The molecule has 0 aliphatic heterocycles. The van der Waals surface area contributed by atoms with Crippen LogP contribution >= 0.6 is 11.6 Å². The van der Waals surface area contributed by atoms with E-state index < -0.39 is 20.2 Å². The van der Waals surface area contributed by atoms with Gasteiger partial charge in [0, 0.05) is 6.54 Å². The van der Waals surface area contributed by atoms with Gasteiger partial charge < -0.3 is 0 Å². The van der Waals surface area contributed by atoms with Gasteiger partial charge in [-0.25, -0.2) is 13.6 Å². The van der Waals surface area contributed by atoms with Crippen LogP contribution in [0.25, 0.3) is 0 Å². The van der Waals surface area contributed by atoms with Gasteiger partial charge in [0.1, 0.15) is 0 Å². The summed E-state index contributed by atoms with van der Waals surface area (Å²) in [5, 5.41) is 4.99. The summed E-state index contributed by atoms with van der Waals surface area (Å²) in [6.45, 7) is 1.78. The Morgan fingerprint density at radius 1 is 1.28 bits per heavy atom. The second-order valence-corrected chi connectivity index (χ2v) is 6.76. The number of benzene rings is 1. The zero-order chi connectivity index (χ0) is 14.0. The lowest BCUT2D eigenvalue weighted by Gasteiger charge is -2.10. The Labute approximate surface area is 111 Å². The highest BCUT2D eigenvalue weighted by Crippen LogP contribution is 2.25. The third-order valence-corrected chi connectivity index (χ3v) is 4.24. The third-order valence-electron chi connectivity index (χ3n) is 1.85. The van der Waals surface area contributed by atoms with Gasteiger partial charge in [0.15, 0.2) is 0 Å². The molecule has 0 radical (unpaired) electrons. The smallest absolute Gasteiger partial charge is 0.270 e. The van der Waals surface area contributed by atoms with Crippen LogP contribution in [0.2, 0.25) is 5.02 Å². The summed E-state index contributed by atoms with van der Waals surface area (Å²) in [6.07, 6.45) is 0. The number of primary sulfonamides is 1. The Morgan fingerprint density at radius 2 is 1.89 bits per heavy atom. The highest BCUT2D eigenvalue weighted by atomic mass is 35.5. The molecule has 4 N–H and O–H groups in total. The van der Waals surface area contributed by atoms with Crippen LogP contribution in [0.5, 0.6) is 0 Å². The molecular weight excluding hydrogens is 302 g/mol. The Balaban J connectivity index is 3.18. The van der Waals surface area contributed by atoms with Crippen molar-refractivity contribution in [2.45, 2.75) is 11.8 Å². The number of halogens is 1. The van der Waals surface area contributed by atoms with Crippen molar-refractivity contribution in [3.05, 3.63) is 23.2 Å². The Kier molecular flexibility index (Phi) is 4.56. The molecule has 0 saturated heterocycles. The SMILES string of the molecule is CCNS(=O)(=O)Nc1cc(S(N)(=O)=O)ccc1Cl. The second kappa shape index (κ2) is 5.41. The molecule has 1 aromatic rings. The van der Waals surface area contributed by atoms with E-state index in [-0.39, 0.29) is 22.2 Å². The largest absolute Gasteiger partial charge is 0.299 e. The van der Waals surface area contributed by atoms with Crippen LogP contribution in [0, 0.1) is 0 Å². The summed E-state index contributed by atoms with van der Waals surface area (Å²) >= 11 is 5.76. The first-order valence-corrected chi connectivity index (χ1v) is 8.16. The van der Waals surface area contributed by atoms with Crippen LogP contribution in [0.15, 0.2) is 23.1 Å². The van der Waals surface area contributed by atoms with E-state index in [9.17, 15) is 16.8 Å². The molecule has 0 aliphatic rings. The van der Waals surface area contributed by atoms with Crippen LogP contribution in [-0.4, -0.2) is 23.4 Å². The van der Waals surface area contributed by atoms with E-state index in [1.807, 2.05) is 0 Å². The van der Waals surface area contributed by atoms with Crippen molar-refractivity contribution in [1.29, 1.82) is 0 Å². The molecule has 1 aromatic carbocycles. The lowest BCUT2D eigenvalue weighted by Crippen LogP contribution is -2.30. The fourth-order valence-corrected chi connectivity index (χ4v) is 2.80. The predicted molar refractivity (Wildman–Crippen MR) is 69.0 cm³/mol. The van der Waals surface area contributed by atoms with Gasteiger partial charge in [-0.1, -0.05) is 18.5 Å². The van der Waals surface area contributed by atoms with Gasteiger partial charge in [-0.15, -0.1) is 0 Å². The number of sulfonamides is 1. The molecule has 10 heteroatoms. The maximum absolute atomic E-state index is 11.5. The summed E-state index contributed by atoms with van der Waals surface area (Å²) in [5.74, 6) is 0. The quantitative estimate of drug-likeness (QED) is 0.722. The summed E-state index contributed by atoms with van der Waals surface area (Å²) in [6, 6.07) is 3.47. The second-order valence-electron chi connectivity index (χ2n) is 3.29. The van der Waals surface area contributed by atoms with E-state index in [0.717, 1.165) is 6.07 Å². The molecule has 0 amide bonds. The number of rotatable bonds is 5. The molecule has 0 fully saturated rings. The summed E-state index contributed by atoms with van der Waals surface area (Å²) in [5.41, 5.74) is -0.0656. The van der Waals surface area contributed by atoms with Crippen molar-refractivity contribution in [1.82, 2.24) is 4.72 Å². The minimum absolute atomic E-state index is 0.0591. The zero-order valence-corrected chi connectivity index (χ0v) is 11.7. The zero-order valence-electron chi connectivity index (χ0n) is 9.34. The number of anilines is 1. The monoisotopic (exact) mass is 313 g/mol. The summed E-state index contributed by atoms with van der Waals surface area (Å²) in [7, 11) is -7.71. The molecule has 0 aromatic heterocycles. The Morgan fingerprint density at radius 3 is 2.39 bits per heavy atom. The summed E-state index contributed by atoms with van der Waals surface area (Å²) in [4.78, 5) is -0.235. The minimum Gasteiger partial charge on any atom is -0.270 e. The molecule has 0 saturated carbocycles. The van der Waals surface area contributed by atoms with Gasteiger partial charge in [0.2, 0.25) is 10.0 Å². The molecule has 18 heavy (non-hydrogen) atoms. The van der Waals surface area contributed by atoms with E-state index in [2.05, 4.69) is 9.44 Å². The molecule has 0 spiro atoms. The lowest BCUT2D eigenvalue weighted by molar-refractivity contribution is 0.588. The molecule has 102 valence electrons. The lowest BCUT2D eigenvalue weighted by atomic mass is 10.3. The summed E-state index contributed by atoms with van der Waals surface area (Å²) < 4.78 is 49.4. The van der Waals surface area contributed by atoms with Crippen molar-refractivity contribution >= 4 is 37.5 Å². The molecule has 1 rings (SSSR count). The number of hydrogen-bond donors (Lipinski definition) is 3. The number of hydrogen-bond acceptors (Lipinski definition) is 4. The molecule has 0 aliphatic carbocycles. The van der Waals surface area contributed by atoms with Crippen molar-refractivity contribution in [2.24, 2.45) is 5.14 Å². The molecule has 0 unspecified atom stereocenters. The van der Waals surface area contributed by atoms with Crippen LogP contribution in [0.4, 0.5) is 5.69 Å². The van der Waals surface area contributed by atoms with Crippen LogP contribution in [0.1, 0.15) is 6.92 Å². The minimum atomic E-state index is -3.92. The maximum atomic E-state index is 11.5. The fourth-order valence-electron chi connectivity index (χ4n) is 1.13. The van der Waals surface area contributed by atoms with Crippen LogP contribution in [0.3, 0.4) is 0 Å². The topological polar surface area (TPSA) is 118 Å². The van der Waals surface area contributed by atoms with E-state index >= 15 is 0 Å². The fraction of sp³-hybridized carbons (Fsp3) is 0.250. The standard InChI is InChI=1S/C8H12ClN3O4S2/c1-2-11-18(15,16)12-8-5-6(17(10,13)14)3-4-7(8)9/h3-5,11-12H,2H2,1H3,(H2,10,13,14). The van der Waals surface area contributed by atoms with Crippen molar-refractivity contribution in [3.63, 3.8) is 0 Å². The normalized spacial score (nSPS) is 12.4. The van der Waals surface area contributed by atoms with E-state index in [0.29, 0.717) is 0 Å². The van der Waals surface area contributed by atoms with Gasteiger partial charge >= 0.3 is 0 Å².